The molecule has 1 fully saturated rings. The summed E-state index contributed by atoms with van der Waals surface area (Å²) >= 11 is 6.06. The molecule has 0 aromatic heterocycles. The molecule has 0 heterocycles. The minimum absolute atomic E-state index is 0.295. The number of ether oxygens (including phenoxy) is 1. The van der Waals surface area contributed by atoms with Crippen LogP contribution in [0.2, 0.25) is 5.02 Å². The van der Waals surface area contributed by atoms with Gasteiger partial charge < -0.3 is 20.1 Å². The maximum Gasteiger partial charge on any atom is 0.321 e. The summed E-state index contributed by atoms with van der Waals surface area (Å²) in [5.41, 5.74) is 0.519. The molecule has 2 amide bonds. The Labute approximate surface area is 123 Å². The molecule has 0 spiro atoms. The first-order valence-corrected chi connectivity index (χ1v) is 6.92. The van der Waals surface area contributed by atoms with Crippen molar-refractivity contribution in [2.75, 3.05) is 26.0 Å². The number of benzene rings is 1. The molecule has 0 saturated heterocycles. The van der Waals surface area contributed by atoms with Gasteiger partial charge in [-0.3, -0.25) is 0 Å². The minimum Gasteiger partial charge on any atom is -0.497 e. The van der Waals surface area contributed by atoms with E-state index in [-0.39, 0.29) is 6.03 Å². The number of hydrogen-bond donors (Lipinski definition) is 2. The first kappa shape index (κ1) is 14.9. The van der Waals surface area contributed by atoms with Crippen molar-refractivity contribution in [3.05, 3.63) is 23.2 Å². The third-order valence-corrected chi connectivity index (χ3v) is 3.70. The number of likely N-dealkylation sites (N-methyl/N-ethyl adjacent to an activating group) is 1. The lowest BCUT2D eigenvalue weighted by molar-refractivity contribution is 0.117. The van der Waals surface area contributed by atoms with E-state index in [0.29, 0.717) is 28.9 Å². The van der Waals surface area contributed by atoms with Crippen LogP contribution in [-0.2, 0) is 0 Å². The molecular formula is C14H19ClN2O3. The van der Waals surface area contributed by atoms with Gasteiger partial charge in [-0.15, -0.1) is 0 Å². The standard InChI is InChI=1S/C14H19ClN2O3/c1-17(8-13(18)9-3-4-9)14(19)16-12-6-5-10(20-2)7-11(12)15/h5-7,9,13,18H,3-4,8H2,1-2H3,(H,16,19). The topological polar surface area (TPSA) is 61.8 Å². The molecule has 1 unspecified atom stereocenters. The Kier molecular flexibility index (Phi) is 4.73. The number of aliphatic hydroxyl groups is 1. The van der Waals surface area contributed by atoms with Gasteiger partial charge >= 0.3 is 6.03 Å². The van der Waals surface area contributed by atoms with Crippen molar-refractivity contribution < 1.29 is 14.6 Å². The number of methoxy groups -OCH3 is 1. The Balaban J connectivity index is 1.92. The van der Waals surface area contributed by atoms with Gasteiger partial charge in [0.1, 0.15) is 5.75 Å². The van der Waals surface area contributed by atoms with Crippen LogP contribution in [0.4, 0.5) is 10.5 Å². The zero-order valence-corrected chi connectivity index (χ0v) is 12.4. The van der Waals surface area contributed by atoms with Gasteiger partial charge in [-0.2, -0.15) is 0 Å². The van der Waals surface area contributed by atoms with Crippen LogP contribution in [0.25, 0.3) is 0 Å². The van der Waals surface area contributed by atoms with E-state index >= 15 is 0 Å². The summed E-state index contributed by atoms with van der Waals surface area (Å²) in [4.78, 5) is 13.5. The van der Waals surface area contributed by atoms with Crippen molar-refractivity contribution in [1.82, 2.24) is 4.90 Å². The molecule has 1 saturated carbocycles. The summed E-state index contributed by atoms with van der Waals surface area (Å²) in [5.74, 6) is 0.973. The fourth-order valence-electron chi connectivity index (χ4n) is 1.93. The second-order valence-corrected chi connectivity index (χ2v) is 5.47. The van der Waals surface area contributed by atoms with E-state index in [1.165, 1.54) is 4.90 Å². The Morgan fingerprint density at radius 1 is 1.60 bits per heavy atom. The number of amides is 2. The molecule has 0 bridgehead atoms. The molecule has 2 N–H and O–H groups in total. The highest BCUT2D eigenvalue weighted by atomic mass is 35.5. The molecule has 1 aliphatic carbocycles. The summed E-state index contributed by atoms with van der Waals surface area (Å²) in [7, 11) is 3.20. The Morgan fingerprint density at radius 2 is 2.30 bits per heavy atom. The molecule has 0 radical (unpaired) electrons. The lowest BCUT2D eigenvalue weighted by Gasteiger charge is -2.21. The zero-order chi connectivity index (χ0) is 14.7. The highest BCUT2D eigenvalue weighted by Gasteiger charge is 2.31. The molecule has 0 aliphatic heterocycles. The zero-order valence-electron chi connectivity index (χ0n) is 11.6. The third-order valence-electron chi connectivity index (χ3n) is 3.39. The van der Waals surface area contributed by atoms with Crippen molar-refractivity contribution in [3.8, 4) is 5.75 Å². The fraction of sp³-hybridized carbons (Fsp3) is 0.500. The molecule has 5 nitrogen and oxygen atoms in total. The number of hydrogen-bond acceptors (Lipinski definition) is 3. The lowest BCUT2D eigenvalue weighted by Crippen LogP contribution is -2.38. The monoisotopic (exact) mass is 298 g/mol. The second kappa shape index (κ2) is 6.33. The molecule has 1 atom stereocenters. The van der Waals surface area contributed by atoms with Crippen molar-refractivity contribution in [3.63, 3.8) is 0 Å². The van der Waals surface area contributed by atoms with E-state index in [2.05, 4.69) is 5.32 Å². The number of nitrogens with one attached hydrogen (secondary N) is 1. The van der Waals surface area contributed by atoms with E-state index in [9.17, 15) is 9.90 Å². The lowest BCUT2D eigenvalue weighted by atomic mass is 10.2. The van der Waals surface area contributed by atoms with Crippen LogP contribution in [0, 0.1) is 5.92 Å². The van der Waals surface area contributed by atoms with Crippen LogP contribution in [0.3, 0.4) is 0 Å². The van der Waals surface area contributed by atoms with Gasteiger partial charge in [0.15, 0.2) is 0 Å². The number of carbonyl (C=O) groups is 1. The summed E-state index contributed by atoms with van der Waals surface area (Å²) in [6.07, 6.45) is 1.64. The molecule has 6 heteroatoms. The van der Waals surface area contributed by atoms with Crippen LogP contribution in [0.1, 0.15) is 12.8 Å². The maximum atomic E-state index is 12.0. The van der Waals surface area contributed by atoms with Gasteiger partial charge in [0.05, 0.1) is 23.9 Å². The van der Waals surface area contributed by atoms with E-state index < -0.39 is 6.10 Å². The summed E-state index contributed by atoms with van der Waals surface area (Å²) in [6, 6.07) is 4.75. The van der Waals surface area contributed by atoms with E-state index in [1.54, 1.807) is 32.4 Å². The Bertz CT molecular complexity index is 491. The first-order valence-electron chi connectivity index (χ1n) is 6.55. The number of anilines is 1. The molecule has 1 aliphatic rings. The summed E-state index contributed by atoms with van der Waals surface area (Å²) in [5, 5.41) is 13.0. The highest BCUT2D eigenvalue weighted by Crippen LogP contribution is 2.33. The predicted molar refractivity (Wildman–Crippen MR) is 78.4 cm³/mol. The largest absolute Gasteiger partial charge is 0.497 e. The van der Waals surface area contributed by atoms with Crippen molar-refractivity contribution in [2.24, 2.45) is 5.92 Å². The van der Waals surface area contributed by atoms with Gasteiger partial charge in [0.2, 0.25) is 0 Å². The highest BCUT2D eigenvalue weighted by molar-refractivity contribution is 6.33. The van der Waals surface area contributed by atoms with E-state index in [1.807, 2.05) is 0 Å². The normalized spacial score (nSPS) is 15.6. The van der Waals surface area contributed by atoms with Gasteiger partial charge in [0, 0.05) is 19.7 Å². The first-order chi connectivity index (χ1) is 9.51. The second-order valence-electron chi connectivity index (χ2n) is 5.06. The van der Waals surface area contributed by atoms with E-state index in [0.717, 1.165) is 12.8 Å². The molecule has 110 valence electrons. The van der Waals surface area contributed by atoms with Crippen LogP contribution in [-0.4, -0.2) is 42.8 Å². The van der Waals surface area contributed by atoms with Gasteiger partial charge in [-0.25, -0.2) is 4.79 Å². The molecular weight excluding hydrogens is 280 g/mol. The Hall–Kier alpha value is -1.46. The van der Waals surface area contributed by atoms with Crippen LogP contribution < -0.4 is 10.1 Å². The van der Waals surface area contributed by atoms with Crippen molar-refractivity contribution >= 4 is 23.3 Å². The molecule has 20 heavy (non-hydrogen) atoms. The van der Waals surface area contributed by atoms with Crippen LogP contribution in [0.15, 0.2) is 18.2 Å². The van der Waals surface area contributed by atoms with Crippen molar-refractivity contribution in [1.29, 1.82) is 0 Å². The number of carbonyl (C=O) groups excluding carboxylic acids is 1. The maximum absolute atomic E-state index is 12.0. The van der Waals surface area contributed by atoms with Crippen LogP contribution in [0.5, 0.6) is 5.75 Å². The van der Waals surface area contributed by atoms with Gasteiger partial charge in [0.25, 0.3) is 0 Å². The average molecular weight is 299 g/mol. The number of halogens is 1. The summed E-state index contributed by atoms with van der Waals surface area (Å²) in [6.45, 7) is 0.324. The third kappa shape index (κ3) is 3.77. The minimum atomic E-state index is -0.447. The molecule has 2 rings (SSSR count). The number of urea groups is 1. The number of rotatable bonds is 5. The van der Waals surface area contributed by atoms with Gasteiger partial charge in [-0.1, -0.05) is 11.6 Å². The van der Waals surface area contributed by atoms with Gasteiger partial charge in [-0.05, 0) is 30.9 Å². The predicted octanol–water partition coefficient (Wildman–Crippen LogP) is 2.58. The molecule has 1 aromatic carbocycles. The smallest absolute Gasteiger partial charge is 0.321 e. The molecule has 1 aromatic rings. The van der Waals surface area contributed by atoms with E-state index in [4.69, 9.17) is 16.3 Å². The van der Waals surface area contributed by atoms with Crippen LogP contribution >= 0.6 is 11.6 Å². The quantitative estimate of drug-likeness (QED) is 0.878. The SMILES string of the molecule is COc1ccc(NC(=O)N(C)CC(O)C2CC2)c(Cl)c1. The Morgan fingerprint density at radius 3 is 2.85 bits per heavy atom. The average Bonchev–Trinajstić information content (AvgIpc) is 3.25. The van der Waals surface area contributed by atoms with Crippen molar-refractivity contribution in [2.45, 2.75) is 18.9 Å². The summed E-state index contributed by atoms with van der Waals surface area (Å²) < 4.78 is 5.05. The number of aliphatic hydroxyl groups excluding tert-OH is 1. The fourth-order valence-corrected chi connectivity index (χ4v) is 2.15. The number of nitrogens with zero attached hydrogens (tertiary/aromatic N) is 1.